The molecule has 0 aliphatic rings. The van der Waals surface area contributed by atoms with Crippen molar-refractivity contribution >= 4 is 17.2 Å². The summed E-state index contributed by atoms with van der Waals surface area (Å²) in [6.45, 7) is 0.448. The second-order valence-corrected chi connectivity index (χ2v) is 6.97. The van der Waals surface area contributed by atoms with Crippen LogP contribution in [0, 0.1) is 0 Å². The average Bonchev–Trinajstić information content (AvgIpc) is 3.03. The summed E-state index contributed by atoms with van der Waals surface area (Å²) in [5.41, 5.74) is 1.35. The summed E-state index contributed by atoms with van der Waals surface area (Å²) in [5.74, 6) is 0.270. The number of ether oxygens (including phenoxy) is 2. The molecule has 6 nitrogen and oxygen atoms in total. The van der Waals surface area contributed by atoms with Gasteiger partial charge in [-0.25, -0.2) is 13.9 Å². The standard InChI is InChI=1S/C21H15ClF3N3O3/c22-16-2-1-3-18(12-16)30-11-10-28-20(29)27-13-15(6-9-19(27)26-28)14-4-7-17(8-5-14)31-21(23,24)25/h1-9,12-13H,10-11H2. The molecule has 4 aromatic rings. The Morgan fingerprint density at radius 1 is 0.968 bits per heavy atom. The number of hydrogen-bond donors (Lipinski definition) is 0. The number of fused-ring (bicyclic) bond motifs is 1. The number of benzene rings is 2. The summed E-state index contributed by atoms with van der Waals surface area (Å²) in [7, 11) is 0. The molecule has 2 aromatic heterocycles. The van der Waals surface area contributed by atoms with E-state index in [2.05, 4.69) is 9.84 Å². The number of aromatic nitrogens is 3. The van der Waals surface area contributed by atoms with Crippen molar-refractivity contribution in [2.24, 2.45) is 0 Å². The zero-order valence-corrected chi connectivity index (χ0v) is 16.6. The van der Waals surface area contributed by atoms with Crippen molar-refractivity contribution in [1.29, 1.82) is 0 Å². The fourth-order valence-corrected chi connectivity index (χ4v) is 3.17. The van der Waals surface area contributed by atoms with Gasteiger partial charge in [0, 0.05) is 11.2 Å². The van der Waals surface area contributed by atoms with Crippen molar-refractivity contribution in [2.75, 3.05) is 6.61 Å². The Labute approximate surface area is 179 Å². The molecule has 31 heavy (non-hydrogen) atoms. The van der Waals surface area contributed by atoms with Gasteiger partial charge in [-0.3, -0.25) is 0 Å². The fraction of sp³-hybridized carbons (Fsp3) is 0.143. The van der Waals surface area contributed by atoms with Crippen molar-refractivity contribution in [3.63, 3.8) is 0 Å². The Balaban J connectivity index is 1.50. The van der Waals surface area contributed by atoms with Crippen LogP contribution in [0.3, 0.4) is 0 Å². The lowest BCUT2D eigenvalue weighted by Crippen LogP contribution is -2.24. The molecule has 4 rings (SSSR count). The normalized spacial score (nSPS) is 11.6. The number of nitrogens with zero attached hydrogens (tertiary/aromatic N) is 3. The predicted octanol–water partition coefficient (Wildman–Crippen LogP) is 4.79. The third-order valence-corrected chi connectivity index (χ3v) is 4.60. The van der Waals surface area contributed by atoms with Gasteiger partial charge in [0.05, 0.1) is 6.54 Å². The van der Waals surface area contributed by atoms with Crippen molar-refractivity contribution in [1.82, 2.24) is 14.2 Å². The van der Waals surface area contributed by atoms with Crippen LogP contribution in [0.5, 0.6) is 11.5 Å². The third kappa shape index (κ3) is 5.00. The highest BCUT2D eigenvalue weighted by molar-refractivity contribution is 6.30. The van der Waals surface area contributed by atoms with E-state index in [4.69, 9.17) is 16.3 Å². The first kappa shape index (κ1) is 20.8. The molecule has 0 aliphatic carbocycles. The molecule has 0 fully saturated rings. The van der Waals surface area contributed by atoms with Gasteiger partial charge in [0.2, 0.25) is 0 Å². The number of rotatable bonds is 6. The van der Waals surface area contributed by atoms with E-state index in [9.17, 15) is 18.0 Å². The van der Waals surface area contributed by atoms with Gasteiger partial charge in [-0.2, -0.15) is 0 Å². The van der Waals surface area contributed by atoms with Gasteiger partial charge in [-0.1, -0.05) is 29.8 Å². The van der Waals surface area contributed by atoms with Crippen LogP contribution in [-0.2, 0) is 6.54 Å². The van der Waals surface area contributed by atoms with Gasteiger partial charge in [-0.15, -0.1) is 18.3 Å². The molecule has 0 radical (unpaired) electrons. The lowest BCUT2D eigenvalue weighted by Gasteiger charge is -2.09. The fourth-order valence-electron chi connectivity index (χ4n) is 2.99. The minimum atomic E-state index is -4.75. The van der Waals surface area contributed by atoms with Gasteiger partial charge in [-0.05, 0) is 53.6 Å². The number of halogens is 4. The second-order valence-electron chi connectivity index (χ2n) is 6.53. The summed E-state index contributed by atoms with van der Waals surface area (Å²) >= 11 is 5.91. The Kier molecular flexibility index (Phi) is 5.60. The Hall–Kier alpha value is -3.46. The first-order valence-electron chi connectivity index (χ1n) is 9.12. The Morgan fingerprint density at radius 3 is 2.42 bits per heavy atom. The van der Waals surface area contributed by atoms with Crippen molar-refractivity contribution < 1.29 is 22.6 Å². The maximum Gasteiger partial charge on any atom is 0.573 e. The van der Waals surface area contributed by atoms with Gasteiger partial charge < -0.3 is 9.47 Å². The van der Waals surface area contributed by atoms with Gasteiger partial charge in [0.15, 0.2) is 5.65 Å². The van der Waals surface area contributed by atoms with E-state index < -0.39 is 6.36 Å². The number of alkyl halides is 3. The quantitative estimate of drug-likeness (QED) is 0.424. The highest BCUT2D eigenvalue weighted by Gasteiger charge is 2.30. The van der Waals surface area contributed by atoms with E-state index in [1.807, 2.05) is 0 Å². The zero-order valence-electron chi connectivity index (χ0n) is 15.8. The second kappa shape index (κ2) is 8.35. The molecule has 0 saturated carbocycles. The van der Waals surface area contributed by atoms with Crippen molar-refractivity contribution in [3.8, 4) is 22.6 Å². The predicted molar refractivity (Wildman–Crippen MR) is 109 cm³/mol. The number of hydrogen-bond acceptors (Lipinski definition) is 4. The smallest absolute Gasteiger partial charge is 0.492 e. The van der Waals surface area contributed by atoms with E-state index in [1.54, 1.807) is 42.6 Å². The topological polar surface area (TPSA) is 57.8 Å². The van der Waals surface area contributed by atoms with Gasteiger partial charge >= 0.3 is 12.1 Å². The molecular formula is C21H15ClF3N3O3. The molecule has 0 amide bonds. The summed E-state index contributed by atoms with van der Waals surface area (Å²) in [4.78, 5) is 12.7. The molecule has 2 heterocycles. The molecular weight excluding hydrogens is 435 g/mol. The Bertz CT molecular complexity index is 1270. The van der Waals surface area contributed by atoms with Crippen LogP contribution in [0.4, 0.5) is 13.2 Å². The van der Waals surface area contributed by atoms with Gasteiger partial charge in [0.25, 0.3) is 0 Å². The monoisotopic (exact) mass is 449 g/mol. The summed E-state index contributed by atoms with van der Waals surface area (Å²) in [5, 5.41) is 4.82. The molecule has 2 aromatic carbocycles. The van der Waals surface area contributed by atoms with Crippen LogP contribution in [0.25, 0.3) is 16.8 Å². The van der Waals surface area contributed by atoms with Crippen LogP contribution in [0.15, 0.2) is 71.7 Å². The molecule has 0 aliphatic heterocycles. The maximum absolute atomic E-state index is 12.7. The Morgan fingerprint density at radius 2 is 1.71 bits per heavy atom. The van der Waals surface area contributed by atoms with E-state index in [-0.39, 0.29) is 24.6 Å². The highest BCUT2D eigenvalue weighted by Crippen LogP contribution is 2.26. The molecule has 0 spiro atoms. The first-order valence-corrected chi connectivity index (χ1v) is 9.50. The van der Waals surface area contributed by atoms with E-state index >= 15 is 0 Å². The summed E-state index contributed by atoms with van der Waals surface area (Å²) in [6, 6.07) is 15.7. The summed E-state index contributed by atoms with van der Waals surface area (Å²) < 4.78 is 49.0. The molecule has 0 N–H and O–H groups in total. The van der Waals surface area contributed by atoms with E-state index in [0.29, 0.717) is 27.5 Å². The third-order valence-electron chi connectivity index (χ3n) is 4.37. The minimum absolute atomic E-state index is 0.220. The van der Waals surface area contributed by atoms with Crippen LogP contribution in [0.1, 0.15) is 0 Å². The lowest BCUT2D eigenvalue weighted by molar-refractivity contribution is -0.274. The number of pyridine rings is 1. The van der Waals surface area contributed by atoms with E-state index in [0.717, 1.165) is 0 Å². The SMILES string of the molecule is O=c1n(CCOc2cccc(Cl)c2)nc2ccc(-c3ccc(OC(F)(F)F)cc3)cn12. The zero-order chi connectivity index (χ0) is 22.0. The first-order chi connectivity index (χ1) is 14.8. The molecule has 0 unspecified atom stereocenters. The molecule has 160 valence electrons. The van der Waals surface area contributed by atoms with Crippen LogP contribution < -0.4 is 15.2 Å². The lowest BCUT2D eigenvalue weighted by atomic mass is 10.1. The molecule has 0 atom stereocenters. The minimum Gasteiger partial charge on any atom is -0.492 e. The largest absolute Gasteiger partial charge is 0.573 e. The highest BCUT2D eigenvalue weighted by atomic mass is 35.5. The van der Waals surface area contributed by atoms with Crippen LogP contribution >= 0.6 is 11.6 Å². The molecule has 0 bridgehead atoms. The van der Waals surface area contributed by atoms with E-state index in [1.165, 1.54) is 33.3 Å². The van der Waals surface area contributed by atoms with Crippen LogP contribution in [0.2, 0.25) is 5.02 Å². The average molecular weight is 450 g/mol. The van der Waals surface area contributed by atoms with Crippen molar-refractivity contribution in [2.45, 2.75) is 12.9 Å². The molecule has 0 saturated heterocycles. The van der Waals surface area contributed by atoms with Crippen LogP contribution in [-0.4, -0.2) is 27.2 Å². The van der Waals surface area contributed by atoms with Crippen molar-refractivity contribution in [3.05, 3.63) is 82.4 Å². The van der Waals surface area contributed by atoms with Gasteiger partial charge in [0.1, 0.15) is 18.1 Å². The maximum atomic E-state index is 12.7. The molecule has 10 heteroatoms. The summed E-state index contributed by atoms with van der Waals surface area (Å²) in [6.07, 6.45) is -3.17.